The normalized spacial score (nSPS) is 41.5. The molecule has 0 aromatic heterocycles. The van der Waals surface area contributed by atoms with Crippen molar-refractivity contribution in [3.05, 3.63) is 23.3 Å². The Labute approximate surface area is 137 Å². The van der Waals surface area contributed by atoms with Gasteiger partial charge in [-0.15, -0.1) is 6.42 Å². The van der Waals surface area contributed by atoms with E-state index in [0.717, 1.165) is 37.7 Å². The van der Waals surface area contributed by atoms with Crippen LogP contribution < -0.4 is 0 Å². The van der Waals surface area contributed by atoms with E-state index >= 15 is 0 Å². The van der Waals surface area contributed by atoms with Crippen LogP contribution in [0.1, 0.15) is 56.1 Å². The van der Waals surface area contributed by atoms with Crippen molar-refractivity contribution in [1.29, 1.82) is 0 Å². The van der Waals surface area contributed by atoms with E-state index in [2.05, 4.69) is 12.8 Å². The van der Waals surface area contributed by atoms with Crippen LogP contribution in [0.5, 0.6) is 11.5 Å². The first-order chi connectivity index (χ1) is 10.9. The first-order valence-electron chi connectivity index (χ1n) is 8.65. The highest BCUT2D eigenvalue weighted by Crippen LogP contribution is 2.64. The molecule has 23 heavy (non-hydrogen) atoms. The summed E-state index contributed by atoms with van der Waals surface area (Å²) in [5, 5.41) is 30.8. The lowest BCUT2D eigenvalue weighted by atomic mass is 9.53. The highest BCUT2D eigenvalue weighted by atomic mass is 16.3. The SMILES string of the molecule is C#C[C@]1(O)CC[C@@H]2[C@@H]3CCc4c(ccc(O)c4O)[C@@H]3CC[C@]21C. The number of hydrogen-bond acceptors (Lipinski definition) is 3. The predicted molar refractivity (Wildman–Crippen MR) is 88.2 cm³/mol. The highest BCUT2D eigenvalue weighted by Gasteiger charge is 2.61. The van der Waals surface area contributed by atoms with Gasteiger partial charge in [-0.05, 0) is 67.9 Å². The van der Waals surface area contributed by atoms with Crippen molar-refractivity contribution in [3.8, 4) is 23.8 Å². The van der Waals surface area contributed by atoms with Crippen molar-refractivity contribution in [1.82, 2.24) is 0 Å². The number of aromatic hydroxyl groups is 2. The second kappa shape index (κ2) is 4.68. The van der Waals surface area contributed by atoms with Gasteiger partial charge in [-0.25, -0.2) is 0 Å². The molecule has 122 valence electrons. The summed E-state index contributed by atoms with van der Waals surface area (Å²) < 4.78 is 0. The van der Waals surface area contributed by atoms with Gasteiger partial charge in [-0.1, -0.05) is 18.9 Å². The first kappa shape index (κ1) is 14.9. The van der Waals surface area contributed by atoms with E-state index in [-0.39, 0.29) is 16.9 Å². The highest BCUT2D eigenvalue weighted by molar-refractivity contribution is 5.51. The quantitative estimate of drug-likeness (QED) is 0.509. The van der Waals surface area contributed by atoms with Gasteiger partial charge in [0.1, 0.15) is 5.60 Å². The van der Waals surface area contributed by atoms with E-state index in [0.29, 0.717) is 24.2 Å². The summed E-state index contributed by atoms with van der Waals surface area (Å²) >= 11 is 0. The number of benzene rings is 1. The number of phenolic OH excluding ortho intramolecular Hbond substituents is 2. The fourth-order valence-electron chi connectivity index (χ4n) is 5.89. The third-order valence-electron chi connectivity index (χ3n) is 7.25. The summed E-state index contributed by atoms with van der Waals surface area (Å²) in [6.45, 7) is 2.17. The molecule has 0 spiro atoms. The lowest BCUT2D eigenvalue weighted by Crippen LogP contribution is -2.50. The van der Waals surface area contributed by atoms with Crippen molar-refractivity contribution in [2.24, 2.45) is 17.3 Å². The van der Waals surface area contributed by atoms with Crippen LogP contribution in [0.4, 0.5) is 0 Å². The molecule has 3 heteroatoms. The Morgan fingerprint density at radius 1 is 1.17 bits per heavy atom. The molecule has 3 N–H and O–H groups in total. The average molecular weight is 312 g/mol. The van der Waals surface area contributed by atoms with Crippen molar-refractivity contribution in [2.45, 2.75) is 57.0 Å². The molecule has 0 amide bonds. The summed E-state index contributed by atoms with van der Waals surface area (Å²) in [7, 11) is 0. The Morgan fingerprint density at radius 3 is 2.70 bits per heavy atom. The Morgan fingerprint density at radius 2 is 1.96 bits per heavy atom. The second-order valence-electron chi connectivity index (χ2n) is 7.92. The molecule has 1 aromatic carbocycles. The number of aliphatic hydroxyl groups is 1. The lowest BCUT2D eigenvalue weighted by Gasteiger charge is -2.52. The number of fused-ring (bicyclic) bond motifs is 5. The third-order valence-corrected chi connectivity index (χ3v) is 7.25. The zero-order valence-electron chi connectivity index (χ0n) is 13.5. The van der Waals surface area contributed by atoms with Crippen molar-refractivity contribution in [3.63, 3.8) is 0 Å². The Hall–Kier alpha value is -1.66. The van der Waals surface area contributed by atoms with Crippen LogP contribution in [0.2, 0.25) is 0 Å². The summed E-state index contributed by atoms with van der Waals surface area (Å²) in [6, 6.07) is 3.59. The maximum absolute atomic E-state index is 10.9. The van der Waals surface area contributed by atoms with E-state index in [4.69, 9.17) is 6.42 Å². The van der Waals surface area contributed by atoms with Gasteiger partial charge in [-0.3, -0.25) is 0 Å². The average Bonchev–Trinajstić information content (AvgIpc) is 2.83. The van der Waals surface area contributed by atoms with E-state index in [1.54, 1.807) is 6.07 Å². The molecule has 3 nitrogen and oxygen atoms in total. The standard InChI is InChI=1S/C20H24O3/c1-3-20(23)11-9-16-14-4-5-15-12(6-7-17(21)18(15)22)13(14)8-10-19(16,20)2/h1,6-7,13-14,16,21-23H,4-5,8-11H2,2H3/t13-,14+,16+,19+,20-/m0/s1. The molecule has 5 atom stereocenters. The number of terminal acetylenes is 1. The van der Waals surface area contributed by atoms with Gasteiger partial charge in [0.05, 0.1) is 0 Å². The summed E-state index contributed by atoms with van der Waals surface area (Å²) in [5.41, 5.74) is 0.939. The maximum Gasteiger partial charge on any atom is 0.160 e. The largest absolute Gasteiger partial charge is 0.504 e. The molecule has 3 aliphatic carbocycles. The van der Waals surface area contributed by atoms with Crippen LogP contribution in [0.25, 0.3) is 0 Å². The monoisotopic (exact) mass is 312 g/mol. The first-order valence-corrected chi connectivity index (χ1v) is 8.65. The van der Waals surface area contributed by atoms with Crippen molar-refractivity contribution >= 4 is 0 Å². The van der Waals surface area contributed by atoms with E-state index in [1.165, 1.54) is 5.56 Å². The van der Waals surface area contributed by atoms with Crippen LogP contribution in [-0.2, 0) is 6.42 Å². The van der Waals surface area contributed by atoms with Crippen LogP contribution >= 0.6 is 0 Å². The molecule has 0 unspecified atom stereocenters. The van der Waals surface area contributed by atoms with E-state index < -0.39 is 5.60 Å². The van der Waals surface area contributed by atoms with Crippen LogP contribution in [0.3, 0.4) is 0 Å². The molecule has 0 bridgehead atoms. The zero-order chi connectivity index (χ0) is 16.4. The minimum absolute atomic E-state index is 0.0228. The van der Waals surface area contributed by atoms with Crippen LogP contribution in [-0.4, -0.2) is 20.9 Å². The lowest BCUT2D eigenvalue weighted by molar-refractivity contribution is -0.0647. The summed E-state index contributed by atoms with van der Waals surface area (Å²) in [4.78, 5) is 0. The van der Waals surface area contributed by atoms with Gasteiger partial charge in [0.2, 0.25) is 0 Å². The van der Waals surface area contributed by atoms with Crippen molar-refractivity contribution < 1.29 is 15.3 Å². The fourth-order valence-corrected chi connectivity index (χ4v) is 5.89. The predicted octanol–water partition coefficient (Wildman–Crippen LogP) is 3.32. The molecule has 1 aromatic rings. The Bertz CT molecular complexity index is 704. The minimum Gasteiger partial charge on any atom is -0.504 e. The topological polar surface area (TPSA) is 60.7 Å². The number of phenols is 2. The molecular formula is C20H24O3. The summed E-state index contributed by atoms with van der Waals surface area (Å²) in [6.07, 6.45) is 11.0. The molecule has 3 aliphatic rings. The van der Waals surface area contributed by atoms with E-state index in [9.17, 15) is 15.3 Å². The number of hydrogen-bond donors (Lipinski definition) is 3. The van der Waals surface area contributed by atoms with Gasteiger partial charge in [0.25, 0.3) is 0 Å². The third kappa shape index (κ3) is 1.76. The molecule has 4 rings (SSSR count). The molecule has 0 heterocycles. The van der Waals surface area contributed by atoms with Crippen LogP contribution in [0.15, 0.2) is 12.1 Å². The molecule has 0 aliphatic heterocycles. The maximum atomic E-state index is 10.9. The van der Waals surface area contributed by atoms with Gasteiger partial charge >= 0.3 is 0 Å². The van der Waals surface area contributed by atoms with E-state index in [1.807, 2.05) is 6.07 Å². The second-order valence-corrected chi connectivity index (χ2v) is 7.92. The van der Waals surface area contributed by atoms with Crippen molar-refractivity contribution in [2.75, 3.05) is 0 Å². The minimum atomic E-state index is -0.972. The molecule has 0 radical (unpaired) electrons. The fraction of sp³-hybridized carbons (Fsp3) is 0.600. The van der Waals surface area contributed by atoms with Gasteiger partial charge in [-0.2, -0.15) is 0 Å². The smallest absolute Gasteiger partial charge is 0.160 e. The molecule has 2 fully saturated rings. The van der Waals surface area contributed by atoms with Gasteiger partial charge in [0.15, 0.2) is 11.5 Å². The Kier molecular flexibility index (Phi) is 3.03. The number of rotatable bonds is 0. The summed E-state index contributed by atoms with van der Waals surface area (Å²) in [5.74, 6) is 4.08. The van der Waals surface area contributed by atoms with Gasteiger partial charge in [0, 0.05) is 11.0 Å². The molecular weight excluding hydrogens is 288 g/mol. The van der Waals surface area contributed by atoms with Crippen LogP contribution in [0, 0.1) is 29.6 Å². The van der Waals surface area contributed by atoms with Gasteiger partial charge < -0.3 is 15.3 Å². The molecule has 2 saturated carbocycles. The Balaban J connectivity index is 1.74. The molecule has 0 saturated heterocycles. The zero-order valence-corrected chi connectivity index (χ0v) is 13.5.